The van der Waals surface area contributed by atoms with Gasteiger partial charge >= 0.3 is 0 Å². The lowest BCUT2D eigenvalue weighted by atomic mass is 10.1. The van der Waals surface area contributed by atoms with Crippen LogP contribution in [0.1, 0.15) is 11.3 Å². The lowest BCUT2D eigenvalue weighted by Crippen LogP contribution is -2.37. The summed E-state index contributed by atoms with van der Waals surface area (Å²) in [5.41, 5.74) is 0.604. The number of ether oxygens (including phenoxy) is 2. The highest BCUT2D eigenvalue weighted by Crippen LogP contribution is 2.36. The molecule has 1 saturated heterocycles. The van der Waals surface area contributed by atoms with Crippen LogP contribution in [-0.2, 0) is 16.1 Å². The van der Waals surface area contributed by atoms with Crippen molar-refractivity contribution in [1.29, 1.82) is 0 Å². The maximum atomic E-state index is 13.2. The number of rotatable bonds is 8. The van der Waals surface area contributed by atoms with E-state index in [0.29, 0.717) is 41.2 Å². The third-order valence-electron chi connectivity index (χ3n) is 4.79. The zero-order valence-electron chi connectivity index (χ0n) is 16.4. The highest BCUT2D eigenvalue weighted by atomic mass is 35.5. The minimum atomic E-state index is -0.436. The van der Waals surface area contributed by atoms with Gasteiger partial charge in [-0.1, -0.05) is 17.7 Å². The van der Waals surface area contributed by atoms with E-state index in [1.54, 1.807) is 48.3 Å². The summed E-state index contributed by atoms with van der Waals surface area (Å²) in [6.07, 6.45) is 1.84. The molecule has 3 rings (SSSR count). The van der Waals surface area contributed by atoms with Crippen molar-refractivity contribution in [3.05, 3.63) is 52.2 Å². The van der Waals surface area contributed by atoms with Crippen molar-refractivity contribution < 1.29 is 19.1 Å². The van der Waals surface area contributed by atoms with E-state index in [1.165, 1.54) is 11.3 Å². The highest BCUT2D eigenvalue weighted by molar-refractivity contribution is 7.16. The maximum absolute atomic E-state index is 13.2. The van der Waals surface area contributed by atoms with Crippen molar-refractivity contribution in [3.63, 3.8) is 0 Å². The predicted molar refractivity (Wildman–Crippen MR) is 115 cm³/mol. The Morgan fingerprint density at radius 2 is 2.14 bits per heavy atom. The summed E-state index contributed by atoms with van der Waals surface area (Å²) in [4.78, 5) is 30.2. The van der Waals surface area contributed by atoms with Crippen molar-refractivity contribution in [3.8, 4) is 11.5 Å². The first-order valence-corrected chi connectivity index (χ1v) is 10.3. The monoisotopic (exact) mass is 434 g/mol. The number of carbonyl (C=O) groups excluding carboxylic acids is 2. The second-order valence-corrected chi connectivity index (χ2v) is 8.46. The SMILES string of the molecule is C=CCN(Cc1ccc(Cl)s1)C(=O)C1CC(=O)N(c2cc(OC)ccc2OC)C1. The average Bonchev–Trinajstić information content (AvgIpc) is 3.31. The predicted octanol–water partition coefficient (Wildman–Crippen LogP) is 3.99. The zero-order chi connectivity index (χ0) is 21.0. The zero-order valence-corrected chi connectivity index (χ0v) is 18.0. The molecule has 2 heterocycles. The Morgan fingerprint density at radius 1 is 1.34 bits per heavy atom. The Bertz CT molecular complexity index is 914. The smallest absolute Gasteiger partial charge is 0.228 e. The molecule has 2 aromatic rings. The molecule has 29 heavy (non-hydrogen) atoms. The summed E-state index contributed by atoms with van der Waals surface area (Å²) in [6, 6.07) is 8.99. The first-order chi connectivity index (χ1) is 14.0. The number of amides is 2. The largest absolute Gasteiger partial charge is 0.497 e. The van der Waals surface area contributed by atoms with E-state index in [4.69, 9.17) is 21.1 Å². The molecule has 1 aliphatic heterocycles. The van der Waals surface area contributed by atoms with E-state index in [0.717, 1.165) is 4.88 Å². The lowest BCUT2D eigenvalue weighted by molar-refractivity contribution is -0.135. The van der Waals surface area contributed by atoms with Crippen LogP contribution in [0.15, 0.2) is 43.0 Å². The molecule has 154 valence electrons. The van der Waals surface area contributed by atoms with Gasteiger partial charge in [-0.05, 0) is 24.3 Å². The second kappa shape index (κ2) is 9.33. The van der Waals surface area contributed by atoms with E-state index >= 15 is 0 Å². The Balaban J connectivity index is 1.79. The summed E-state index contributed by atoms with van der Waals surface area (Å²) in [7, 11) is 3.11. The summed E-state index contributed by atoms with van der Waals surface area (Å²) >= 11 is 7.45. The van der Waals surface area contributed by atoms with E-state index in [-0.39, 0.29) is 18.2 Å². The Labute approximate surface area is 179 Å². The number of hydrogen-bond acceptors (Lipinski definition) is 5. The summed E-state index contributed by atoms with van der Waals surface area (Å²) in [5, 5.41) is 0. The number of thiophene rings is 1. The van der Waals surface area contributed by atoms with Gasteiger partial charge in [0.1, 0.15) is 11.5 Å². The van der Waals surface area contributed by atoms with Gasteiger partial charge in [0.05, 0.1) is 36.7 Å². The van der Waals surface area contributed by atoms with Crippen molar-refractivity contribution >= 4 is 40.4 Å². The molecular weight excluding hydrogens is 412 g/mol. The molecule has 1 aromatic carbocycles. The molecule has 2 amide bonds. The molecular formula is C21H23ClN2O4S. The van der Waals surface area contributed by atoms with Gasteiger partial charge in [-0.25, -0.2) is 0 Å². The fourth-order valence-corrected chi connectivity index (χ4v) is 4.49. The molecule has 1 fully saturated rings. The van der Waals surface area contributed by atoms with Crippen LogP contribution in [0.5, 0.6) is 11.5 Å². The van der Waals surface area contributed by atoms with Crippen molar-refractivity contribution in [1.82, 2.24) is 4.90 Å². The van der Waals surface area contributed by atoms with Gasteiger partial charge < -0.3 is 19.3 Å². The average molecular weight is 435 g/mol. The van der Waals surface area contributed by atoms with Crippen molar-refractivity contribution in [2.24, 2.45) is 5.92 Å². The van der Waals surface area contributed by atoms with Crippen LogP contribution in [0.25, 0.3) is 0 Å². The Kier molecular flexibility index (Phi) is 6.82. The molecule has 8 heteroatoms. The first kappa shape index (κ1) is 21.2. The topological polar surface area (TPSA) is 59.1 Å². The molecule has 0 bridgehead atoms. The van der Waals surface area contributed by atoms with Crippen LogP contribution in [0.4, 0.5) is 5.69 Å². The van der Waals surface area contributed by atoms with E-state index in [9.17, 15) is 9.59 Å². The van der Waals surface area contributed by atoms with E-state index < -0.39 is 5.92 Å². The van der Waals surface area contributed by atoms with E-state index in [1.807, 2.05) is 12.1 Å². The van der Waals surface area contributed by atoms with Gasteiger partial charge in [-0.2, -0.15) is 0 Å². The van der Waals surface area contributed by atoms with Crippen LogP contribution in [0.2, 0.25) is 4.34 Å². The summed E-state index contributed by atoms with van der Waals surface area (Å²) < 4.78 is 11.4. The number of anilines is 1. The number of nitrogens with zero attached hydrogens (tertiary/aromatic N) is 2. The number of benzene rings is 1. The van der Waals surface area contributed by atoms with Crippen molar-refractivity contribution in [2.75, 3.05) is 32.2 Å². The molecule has 0 spiro atoms. The number of carbonyl (C=O) groups is 2. The minimum Gasteiger partial charge on any atom is -0.497 e. The van der Waals surface area contributed by atoms with Gasteiger partial charge in [-0.15, -0.1) is 17.9 Å². The second-order valence-electron chi connectivity index (χ2n) is 6.66. The van der Waals surface area contributed by atoms with E-state index in [2.05, 4.69) is 6.58 Å². The summed E-state index contributed by atoms with van der Waals surface area (Å²) in [5.74, 6) is 0.545. The first-order valence-electron chi connectivity index (χ1n) is 9.13. The van der Waals surface area contributed by atoms with Crippen LogP contribution < -0.4 is 14.4 Å². The number of methoxy groups -OCH3 is 2. The van der Waals surface area contributed by atoms with Crippen LogP contribution in [-0.4, -0.2) is 44.0 Å². The molecule has 0 N–H and O–H groups in total. The molecule has 1 aliphatic rings. The molecule has 0 aliphatic carbocycles. The Hall–Kier alpha value is -2.51. The fourth-order valence-electron chi connectivity index (χ4n) is 3.38. The standard InChI is InChI=1S/C21H23ClN2O4S/c1-4-9-23(13-16-6-8-19(22)29-16)21(26)14-10-20(25)24(12-14)17-11-15(27-2)5-7-18(17)28-3/h4-8,11,14H,1,9-10,12-13H2,2-3H3. The quantitative estimate of drug-likeness (QED) is 0.589. The normalized spacial score (nSPS) is 16.0. The summed E-state index contributed by atoms with van der Waals surface area (Å²) in [6.45, 7) is 4.89. The Morgan fingerprint density at radius 3 is 2.76 bits per heavy atom. The third-order valence-corrected chi connectivity index (χ3v) is 6.00. The highest BCUT2D eigenvalue weighted by Gasteiger charge is 2.38. The number of hydrogen-bond donors (Lipinski definition) is 0. The molecule has 0 radical (unpaired) electrons. The lowest BCUT2D eigenvalue weighted by Gasteiger charge is -2.24. The van der Waals surface area contributed by atoms with Gasteiger partial charge in [0.25, 0.3) is 0 Å². The van der Waals surface area contributed by atoms with Crippen LogP contribution in [0, 0.1) is 5.92 Å². The van der Waals surface area contributed by atoms with Gasteiger partial charge in [-0.3, -0.25) is 9.59 Å². The van der Waals surface area contributed by atoms with Crippen LogP contribution in [0.3, 0.4) is 0 Å². The van der Waals surface area contributed by atoms with Crippen molar-refractivity contribution in [2.45, 2.75) is 13.0 Å². The molecule has 1 aromatic heterocycles. The van der Waals surface area contributed by atoms with Crippen LogP contribution >= 0.6 is 22.9 Å². The molecule has 1 unspecified atom stereocenters. The maximum Gasteiger partial charge on any atom is 0.228 e. The fraction of sp³-hybridized carbons (Fsp3) is 0.333. The molecule has 1 atom stereocenters. The van der Waals surface area contributed by atoms with Gasteiger partial charge in [0.2, 0.25) is 11.8 Å². The number of halogens is 1. The molecule has 0 saturated carbocycles. The van der Waals surface area contributed by atoms with Gasteiger partial charge in [0, 0.05) is 30.5 Å². The third kappa shape index (κ3) is 4.74. The molecule has 6 nitrogen and oxygen atoms in total. The van der Waals surface area contributed by atoms with Gasteiger partial charge in [0.15, 0.2) is 0 Å². The minimum absolute atomic E-state index is 0.0767.